The topological polar surface area (TPSA) is 74.7 Å². The maximum atomic E-state index is 12.6. The van der Waals surface area contributed by atoms with Gasteiger partial charge in [-0.1, -0.05) is 17.7 Å². The molecule has 2 aromatic rings. The van der Waals surface area contributed by atoms with Crippen LogP contribution in [0.1, 0.15) is 5.56 Å². The van der Waals surface area contributed by atoms with Gasteiger partial charge in [-0.15, -0.1) is 11.3 Å². The first-order valence-electron chi connectivity index (χ1n) is 5.86. The molecule has 0 amide bonds. The van der Waals surface area contributed by atoms with E-state index in [4.69, 9.17) is 16.7 Å². The molecule has 21 heavy (non-hydrogen) atoms. The summed E-state index contributed by atoms with van der Waals surface area (Å²) in [6.07, 6.45) is 0. The number of aryl methyl sites for hydroxylation is 1. The zero-order valence-electron chi connectivity index (χ0n) is 11.0. The SMILES string of the molecule is Cc1cc(Cl)ccc1N(CC(=O)O)S(=O)(=O)c1cccs1. The average Bonchev–Trinajstić information content (AvgIpc) is 2.90. The Morgan fingerprint density at radius 2 is 2.10 bits per heavy atom. The van der Waals surface area contributed by atoms with Crippen molar-refractivity contribution in [3.05, 3.63) is 46.3 Å². The first-order chi connectivity index (χ1) is 9.82. The first kappa shape index (κ1) is 15.8. The van der Waals surface area contributed by atoms with Crippen molar-refractivity contribution in [3.63, 3.8) is 0 Å². The second-order valence-corrected chi connectivity index (χ2v) is 7.74. The second kappa shape index (κ2) is 6.05. The average molecular weight is 346 g/mol. The van der Waals surface area contributed by atoms with E-state index in [2.05, 4.69) is 0 Å². The molecule has 0 saturated heterocycles. The molecule has 8 heteroatoms. The molecular weight excluding hydrogens is 334 g/mol. The van der Waals surface area contributed by atoms with Crippen LogP contribution in [0.4, 0.5) is 5.69 Å². The van der Waals surface area contributed by atoms with Crippen LogP contribution in [0.2, 0.25) is 5.02 Å². The molecule has 112 valence electrons. The largest absolute Gasteiger partial charge is 0.480 e. The van der Waals surface area contributed by atoms with Gasteiger partial charge in [0.2, 0.25) is 0 Å². The summed E-state index contributed by atoms with van der Waals surface area (Å²) in [5.74, 6) is -1.23. The number of anilines is 1. The summed E-state index contributed by atoms with van der Waals surface area (Å²) in [5.41, 5.74) is 0.888. The van der Waals surface area contributed by atoms with Crippen molar-refractivity contribution in [2.24, 2.45) is 0 Å². The molecule has 0 unspecified atom stereocenters. The number of halogens is 1. The van der Waals surface area contributed by atoms with Gasteiger partial charge < -0.3 is 5.11 Å². The van der Waals surface area contributed by atoms with Crippen molar-refractivity contribution in [1.29, 1.82) is 0 Å². The first-order valence-corrected chi connectivity index (χ1v) is 8.56. The Morgan fingerprint density at radius 1 is 1.38 bits per heavy atom. The molecule has 0 radical (unpaired) electrons. The van der Waals surface area contributed by atoms with Gasteiger partial charge in [0.05, 0.1) is 5.69 Å². The highest BCUT2D eigenvalue weighted by Gasteiger charge is 2.28. The van der Waals surface area contributed by atoms with E-state index in [1.165, 1.54) is 18.2 Å². The Hall–Kier alpha value is -1.57. The van der Waals surface area contributed by atoms with E-state index in [1.807, 2.05) is 0 Å². The minimum Gasteiger partial charge on any atom is -0.480 e. The van der Waals surface area contributed by atoms with Gasteiger partial charge in [-0.2, -0.15) is 0 Å². The van der Waals surface area contributed by atoms with Crippen molar-refractivity contribution in [3.8, 4) is 0 Å². The fourth-order valence-electron chi connectivity index (χ4n) is 1.84. The highest BCUT2D eigenvalue weighted by Crippen LogP contribution is 2.30. The number of hydrogen-bond acceptors (Lipinski definition) is 4. The van der Waals surface area contributed by atoms with Crippen molar-refractivity contribution in [2.75, 3.05) is 10.8 Å². The summed E-state index contributed by atoms with van der Waals surface area (Å²) in [4.78, 5) is 11.0. The van der Waals surface area contributed by atoms with Gasteiger partial charge in [0.15, 0.2) is 0 Å². The number of aliphatic carboxylic acids is 1. The lowest BCUT2D eigenvalue weighted by atomic mass is 10.2. The van der Waals surface area contributed by atoms with Crippen LogP contribution in [0.5, 0.6) is 0 Å². The normalized spacial score (nSPS) is 11.3. The smallest absolute Gasteiger partial charge is 0.324 e. The van der Waals surface area contributed by atoms with Gasteiger partial charge in [-0.25, -0.2) is 8.42 Å². The number of hydrogen-bond donors (Lipinski definition) is 1. The van der Waals surface area contributed by atoms with Gasteiger partial charge in [-0.3, -0.25) is 9.10 Å². The number of rotatable bonds is 5. The van der Waals surface area contributed by atoms with E-state index in [9.17, 15) is 13.2 Å². The number of benzene rings is 1. The summed E-state index contributed by atoms with van der Waals surface area (Å²) in [6.45, 7) is 1.03. The fourth-order valence-corrected chi connectivity index (χ4v) is 4.65. The molecule has 2 rings (SSSR count). The lowest BCUT2D eigenvalue weighted by Gasteiger charge is -2.23. The van der Waals surface area contributed by atoms with Crippen LogP contribution < -0.4 is 4.31 Å². The molecule has 0 aliphatic rings. The molecule has 0 atom stereocenters. The highest BCUT2D eigenvalue weighted by molar-refractivity contribution is 7.94. The quantitative estimate of drug-likeness (QED) is 0.904. The standard InChI is InChI=1S/C13H12ClNO4S2/c1-9-7-10(14)4-5-11(9)15(8-12(16)17)21(18,19)13-3-2-6-20-13/h2-7H,8H2,1H3,(H,16,17). The molecule has 1 N–H and O–H groups in total. The summed E-state index contributed by atoms with van der Waals surface area (Å²) in [5, 5.41) is 11.1. The maximum Gasteiger partial charge on any atom is 0.324 e. The van der Waals surface area contributed by atoms with Gasteiger partial charge in [0, 0.05) is 5.02 Å². The van der Waals surface area contributed by atoms with Crippen LogP contribution in [-0.4, -0.2) is 26.0 Å². The number of carbonyl (C=O) groups is 1. The molecule has 5 nitrogen and oxygen atoms in total. The molecule has 0 aliphatic heterocycles. The fraction of sp³-hybridized carbons (Fsp3) is 0.154. The predicted octanol–water partition coefficient (Wildman–Crippen LogP) is 2.99. The van der Waals surface area contributed by atoms with Crippen molar-refractivity contribution >= 4 is 44.6 Å². The van der Waals surface area contributed by atoms with Gasteiger partial charge in [0.1, 0.15) is 10.8 Å². The number of carboxylic acid groups (broad SMARTS) is 1. The summed E-state index contributed by atoms with van der Waals surface area (Å²) >= 11 is 6.90. The van der Waals surface area contributed by atoms with Crippen LogP contribution in [0.15, 0.2) is 39.9 Å². The number of sulfonamides is 1. The van der Waals surface area contributed by atoms with Gasteiger partial charge in [-0.05, 0) is 42.1 Å². The third-order valence-electron chi connectivity index (χ3n) is 2.75. The maximum absolute atomic E-state index is 12.6. The van der Waals surface area contributed by atoms with Crippen molar-refractivity contribution in [1.82, 2.24) is 0 Å². The molecule has 1 aromatic heterocycles. The Bertz CT molecular complexity index is 756. The molecule has 0 saturated carbocycles. The molecule has 0 fully saturated rings. The monoisotopic (exact) mass is 345 g/mol. The van der Waals surface area contributed by atoms with Crippen molar-refractivity contribution < 1.29 is 18.3 Å². The number of nitrogens with zero attached hydrogens (tertiary/aromatic N) is 1. The van der Waals surface area contributed by atoms with Crippen molar-refractivity contribution in [2.45, 2.75) is 11.1 Å². The van der Waals surface area contributed by atoms with E-state index in [0.29, 0.717) is 16.3 Å². The van der Waals surface area contributed by atoms with E-state index in [-0.39, 0.29) is 4.21 Å². The van der Waals surface area contributed by atoms with Crippen LogP contribution in [0.25, 0.3) is 0 Å². The third kappa shape index (κ3) is 3.37. The zero-order chi connectivity index (χ0) is 15.6. The van der Waals surface area contributed by atoms with Crippen LogP contribution in [0, 0.1) is 6.92 Å². The molecule has 0 aliphatic carbocycles. The minimum atomic E-state index is -3.91. The summed E-state index contributed by atoms with van der Waals surface area (Å²) < 4.78 is 26.2. The summed E-state index contributed by atoms with van der Waals surface area (Å²) in [6, 6.07) is 7.68. The van der Waals surface area contributed by atoms with Crippen LogP contribution in [-0.2, 0) is 14.8 Å². The minimum absolute atomic E-state index is 0.0955. The lowest BCUT2D eigenvalue weighted by molar-refractivity contribution is -0.135. The predicted molar refractivity (Wildman–Crippen MR) is 82.7 cm³/mol. The third-order valence-corrected chi connectivity index (χ3v) is 6.11. The number of carboxylic acids is 1. The second-order valence-electron chi connectivity index (χ2n) is 4.27. The van der Waals surface area contributed by atoms with Crippen LogP contribution in [0.3, 0.4) is 0 Å². The van der Waals surface area contributed by atoms with E-state index < -0.39 is 22.5 Å². The Labute approximate surface area is 131 Å². The molecule has 0 spiro atoms. The van der Waals surface area contributed by atoms with Gasteiger partial charge >= 0.3 is 5.97 Å². The van der Waals surface area contributed by atoms with E-state index in [0.717, 1.165) is 15.6 Å². The Kier molecular flexibility index (Phi) is 4.55. The van der Waals surface area contributed by atoms with Crippen LogP contribution >= 0.6 is 22.9 Å². The van der Waals surface area contributed by atoms with Gasteiger partial charge in [0.25, 0.3) is 10.0 Å². The zero-order valence-corrected chi connectivity index (χ0v) is 13.4. The number of thiophene rings is 1. The molecule has 0 bridgehead atoms. The molecular formula is C13H12ClNO4S2. The molecule has 1 aromatic carbocycles. The van der Waals surface area contributed by atoms with E-state index >= 15 is 0 Å². The highest BCUT2D eigenvalue weighted by atomic mass is 35.5. The van der Waals surface area contributed by atoms with E-state index in [1.54, 1.807) is 24.4 Å². The molecule has 1 heterocycles. The lowest BCUT2D eigenvalue weighted by Crippen LogP contribution is -2.35. The summed E-state index contributed by atoms with van der Waals surface area (Å²) in [7, 11) is -3.91. The Morgan fingerprint density at radius 3 is 2.62 bits per heavy atom. The Balaban J connectivity index is 2.56.